The summed E-state index contributed by atoms with van der Waals surface area (Å²) < 4.78 is 4.56. The summed E-state index contributed by atoms with van der Waals surface area (Å²) in [5.41, 5.74) is 1.31. The maximum absolute atomic E-state index is 11.1. The van der Waals surface area contributed by atoms with Gasteiger partial charge < -0.3 is 9.84 Å². The highest BCUT2D eigenvalue weighted by atomic mass is 16.5. The second-order valence-electron chi connectivity index (χ2n) is 3.42. The summed E-state index contributed by atoms with van der Waals surface area (Å²) in [5.74, 6) is -0.385. The van der Waals surface area contributed by atoms with Gasteiger partial charge in [0.15, 0.2) is 0 Å². The van der Waals surface area contributed by atoms with E-state index < -0.39 is 0 Å². The summed E-state index contributed by atoms with van der Waals surface area (Å²) >= 11 is 0. The van der Waals surface area contributed by atoms with Crippen LogP contribution in [0.2, 0.25) is 0 Å². The zero-order valence-electron chi connectivity index (χ0n) is 8.93. The van der Waals surface area contributed by atoms with Crippen LogP contribution in [0.3, 0.4) is 0 Å². The number of hydrogen-bond acceptors (Lipinski definition) is 4. The summed E-state index contributed by atoms with van der Waals surface area (Å²) in [5, 5.41) is 9.09. The molecule has 0 aliphatic carbocycles. The molecule has 0 aromatic carbocycles. The number of esters is 1. The van der Waals surface area contributed by atoms with Crippen LogP contribution in [0.4, 0.5) is 0 Å². The summed E-state index contributed by atoms with van der Waals surface area (Å²) in [4.78, 5) is 15.2. The van der Waals surface area contributed by atoms with E-state index in [1.165, 1.54) is 13.3 Å². The second-order valence-corrected chi connectivity index (χ2v) is 3.42. The molecule has 0 spiro atoms. The molecule has 1 N–H and O–H groups in total. The lowest BCUT2D eigenvalue weighted by molar-refractivity contribution is 0.0600. The van der Waals surface area contributed by atoms with Crippen LogP contribution >= 0.6 is 0 Å². The van der Waals surface area contributed by atoms with Crippen molar-refractivity contribution in [3.05, 3.63) is 29.6 Å². The lowest BCUT2D eigenvalue weighted by Crippen LogP contribution is -2.05. The molecule has 15 heavy (non-hydrogen) atoms. The standard InChI is InChI=1S/C11H15NO3/c1-8(13)3-5-10-6-4-9(7-12-10)11(14)15-2/h4,6-8,13H,3,5H2,1-2H3/t8-/m1/s1. The number of aromatic nitrogens is 1. The first-order chi connectivity index (χ1) is 7.13. The summed E-state index contributed by atoms with van der Waals surface area (Å²) in [6.45, 7) is 1.74. The maximum atomic E-state index is 11.1. The SMILES string of the molecule is COC(=O)c1ccc(CC[C@@H](C)O)nc1. The molecule has 0 unspecified atom stereocenters. The van der Waals surface area contributed by atoms with Gasteiger partial charge in [-0.1, -0.05) is 0 Å². The van der Waals surface area contributed by atoms with Crippen molar-refractivity contribution in [2.75, 3.05) is 7.11 Å². The molecule has 1 heterocycles. The number of carbonyl (C=O) groups excluding carboxylic acids is 1. The van der Waals surface area contributed by atoms with Crippen molar-refractivity contribution in [1.29, 1.82) is 0 Å². The third-order valence-corrected chi connectivity index (χ3v) is 2.06. The number of carbonyl (C=O) groups is 1. The van der Waals surface area contributed by atoms with Crippen molar-refractivity contribution < 1.29 is 14.6 Å². The van der Waals surface area contributed by atoms with Gasteiger partial charge in [0.05, 0.1) is 18.8 Å². The molecular formula is C11H15NO3. The fraction of sp³-hybridized carbons (Fsp3) is 0.455. The van der Waals surface area contributed by atoms with Crippen molar-refractivity contribution in [2.24, 2.45) is 0 Å². The van der Waals surface area contributed by atoms with Gasteiger partial charge in [-0.3, -0.25) is 4.98 Å². The Bertz CT molecular complexity index is 319. The van der Waals surface area contributed by atoms with Crippen LogP contribution in [-0.4, -0.2) is 29.3 Å². The van der Waals surface area contributed by atoms with Crippen LogP contribution in [-0.2, 0) is 11.2 Å². The second kappa shape index (κ2) is 5.46. The van der Waals surface area contributed by atoms with Crippen LogP contribution in [0.15, 0.2) is 18.3 Å². The highest BCUT2D eigenvalue weighted by molar-refractivity contribution is 5.88. The number of rotatable bonds is 4. The number of nitrogens with zero attached hydrogens (tertiary/aromatic N) is 1. The van der Waals surface area contributed by atoms with Gasteiger partial charge in [0.25, 0.3) is 0 Å². The highest BCUT2D eigenvalue weighted by Gasteiger charge is 2.05. The molecule has 0 aliphatic rings. The molecule has 0 amide bonds. The summed E-state index contributed by atoms with van der Waals surface area (Å²) in [7, 11) is 1.34. The molecule has 0 radical (unpaired) electrons. The first-order valence-corrected chi connectivity index (χ1v) is 4.85. The molecule has 0 fully saturated rings. The van der Waals surface area contributed by atoms with E-state index in [9.17, 15) is 4.79 Å². The first-order valence-electron chi connectivity index (χ1n) is 4.85. The van der Waals surface area contributed by atoms with Crippen molar-refractivity contribution in [3.8, 4) is 0 Å². The average Bonchev–Trinajstić information content (AvgIpc) is 2.26. The molecule has 1 atom stereocenters. The third-order valence-electron chi connectivity index (χ3n) is 2.06. The molecule has 0 saturated carbocycles. The fourth-order valence-electron chi connectivity index (χ4n) is 1.17. The summed E-state index contributed by atoms with van der Waals surface area (Å²) in [6.07, 6.45) is 2.54. The van der Waals surface area contributed by atoms with E-state index in [0.29, 0.717) is 18.4 Å². The number of ether oxygens (including phenoxy) is 1. The van der Waals surface area contributed by atoms with Gasteiger partial charge in [0.2, 0.25) is 0 Å². The van der Waals surface area contributed by atoms with Gasteiger partial charge >= 0.3 is 5.97 Å². The molecule has 1 aromatic heterocycles. The Morgan fingerprint density at radius 3 is 2.80 bits per heavy atom. The minimum atomic E-state index is -0.385. The zero-order chi connectivity index (χ0) is 11.3. The Morgan fingerprint density at radius 2 is 2.33 bits per heavy atom. The largest absolute Gasteiger partial charge is 0.465 e. The molecule has 82 valence electrons. The number of hydrogen-bond donors (Lipinski definition) is 1. The predicted molar refractivity (Wildman–Crippen MR) is 55.6 cm³/mol. The van der Waals surface area contributed by atoms with Gasteiger partial charge in [-0.25, -0.2) is 4.79 Å². The average molecular weight is 209 g/mol. The van der Waals surface area contributed by atoms with E-state index in [1.54, 1.807) is 19.1 Å². The highest BCUT2D eigenvalue weighted by Crippen LogP contribution is 2.05. The smallest absolute Gasteiger partial charge is 0.339 e. The Balaban J connectivity index is 2.60. The quantitative estimate of drug-likeness (QED) is 0.756. The van der Waals surface area contributed by atoms with E-state index in [2.05, 4.69) is 9.72 Å². The molecule has 0 aliphatic heterocycles. The van der Waals surface area contributed by atoms with Gasteiger partial charge in [0.1, 0.15) is 0 Å². The Morgan fingerprint density at radius 1 is 1.60 bits per heavy atom. The maximum Gasteiger partial charge on any atom is 0.339 e. The molecule has 1 rings (SSSR count). The molecule has 4 heteroatoms. The van der Waals surface area contributed by atoms with E-state index >= 15 is 0 Å². The number of aryl methyl sites for hydroxylation is 1. The zero-order valence-corrected chi connectivity index (χ0v) is 8.93. The number of aliphatic hydroxyl groups is 1. The predicted octanol–water partition coefficient (Wildman–Crippen LogP) is 1.18. The minimum Gasteiger partial charge on any atom is -0.465 e. The molecule has 0 bridgehead atoms. The van der Waals surface area contributed by atoms with Crippen molar-refractivity contribution in [1.82, 2.24) is 4.98 Å². The monoisotopic (exact) mass is 209 g/mol. The van der Waals surface area contributed by atoms with Crippen molar-refractivity contribution in [2.45, 2.75) is 25.9 Å². The minimum absolute atomic E-state index is 0.327. The van der Waals surface area contributed by atoms with E-state index in [-0.39, 0.29) is 12.1 Å². The number of methoxy groups -OCH3 is 1. The van der Waals surface area contributed by atoms with Gasteiger partial charge in [-0.05, 0) is 31.9 Å². The van der Waals surface area contributed by atoms with Crippen LogP contribution in [0.1, 0.15) is 29.4 Å². The lowest BCUT2D eigenvalue weighted by Gasteiger charge is -2.04. The Labute approximate surface area is 88.9 Å². The number of pyridine rings is 1. The Kier molecular flexibility index (Phi) is 4.24. The van der Waals surface area contributed by atoms with Crippen LogP contribution in [0, 0.1) is 0 Å². The van der Waals surface area contributed by atoms with Crippen molar-refractivity contribution in [3.63, 3.8) is 0 Å². The normalized spacial score (nSPS) is 12.2. The number of aliphatic hydroxyl groups excluding tert-OH is 1. The van der Waals surface area contributed by atoms with Gasteiger partial charge in [0, 0.05) is 11.9 Å². The Hall–Kier alpha value is -1.42. The fourth-order valence-corrected chi connectivity index (χ4v) is 1.17. The third kappa shape index (κ3) is 3.67. The molecule has 4 nitrogen and oxygen atoms in total. The molecule has 0 saturated heterocycles. The molecule has 1 aromatic rings. The van der Waals surface area contributed by atoms with E-state index in [1.807, 2.05) is 0 Å². The van der Waals surface area contributed by atoms with Gasteiger partial charge in [-0.2, -0.15) is 0 Å². The first kappa shape index (κ1) is 11.7. The van der Waals surface area contributed by atoms with Crippen LogP contribution < -0.4 is 0 Å². The van der Waals surface area contributed by atoms with Gasteiger partial charge in [-0.15, -0.1) is 0 Å². The van der Waals surface area contributed by atoms with E-state index in [0.717, 1.165) is 5.69 Å². The topological polar surface area (TPSA) is 59.4 Å². The van der Waals surface area contributed by atoms with E-state index in [4.69, 9.17) is 5.11 Å². The molecular weight excluding hydrogens is 194 g/mol. The van der Waals surface area contributed by atoms with Crippen molar-refractivity contribution >= 4 is 5.97 Å². The lowest BCUT2D eigenvalue weighted by atomic mass is 10.1. The van der Waals surface area contributed by atoms with Crippen LogP contribution in [0.25, 0.3) is 0 Å². The summed E-state index contributed by atoms with van der Waals surface area (Å²) in [6, 6.07) is 3.45. The van der Waals surface area contributed by atoms with Crippen LogP contribution in [0.5, 0.6) is 0 Å².